The van der Waals surface area contributed by atoms with Gasteiger partial charge in [-0.15, -0.1) is 0 Å². The van der Waals surface area contributed by atoms with Gasteiger partial charge < -0.3 is 24.9 Å². The van der Waals surface area contributed by atoms with Gasteiger partial charge in [-0.25, -0.2) is 4.79 Å². The lowest BCUT2D eigenvalue weighted by Crippen LogP contribution is -2.34. The van der Waals surface area contributed by atoms with Crippen molar-refractivity contribution in [1.82, 2.24) is 15.2 Å². The molecule has 0 aliphatic carbocycles. The van der Waals surface area contributed by atoms with Crippen LogP contribution in [0, 0.1) is 5.92 Å². The molecule has 174 valence electrons. The van der Waals surface area contributed by atoms with Gasteiger partial charge in [-0.1, -0.05) is 30.3 Å². The van der Waals surface area contributed by atoms with Crippen LogP contribution in [0.2, 0.25) is 0 Å². The third-order valence-electron chi connectivity index (χ3n) is 6.03. The van der Waals surface area contributed by atoms with E-state index in [1.54, 1.807) is 13.2 Å². The molecule has 2 atom stereocenters. The first-order valence-electron chi connectivity index (χ1n) is 11.1. The molecular weight excluding hydrogens is 422 g/mol. The van der Waals surface area contributed by atoms with Crippen molar-refractivity contribution in [3.05, 3.63) is 76.1 Å². The van der Waals surface area contributed by atoms with E-state index < -0.39 is 12.2 Å². The summed E-state index contributed by atoms with van der Waals surface area (Å²) in [6.07, 6.45) is -0.464. The molecule has 1 aliphatic heterocycles. The van der Waals surface area contributed by atoms with Gasteiger partial charge in [0.25, 0.3) is 5.56 Å². The van der Waals surface area contributed by atoms with Crippen LogP contribution >= 0.6 is 0 Å². The monoisotopic (exact) mass is 451 g/mol. The molecule has 0 saturated carbocycles. The number of alkyl carbamates (subject to hydrolysis) is 1. The van der Waals surface area contributed by atoms with Crippen molar-refractivity contribution in [3.8, 4) is 5.75 Å². The maximum atomic E-state index is 12.5. The molecule has 2 heterocycles. The van der Waals surface area contributed by atoms with Crippen LogP contribution in [0.25, 0.3) is 10.9 Å². The van der Waals surface area contributed by atoms with Gasteiger partial charge in [-0.3, -0.25) is 9.69 Å². The zero-order chi connectivity index (χ0) is 23.2. The lowest BCUT2D eigenvalue weighted by molar-refractivity contribution is 0.124. The lowest BCUT2D eigenvalue weighted by Gasteiger charge is -2.16. The summed E-state index contributed by atoms with van der Waals surface area (Å²) >= 11 is 0. The van der Waals surface area contributed by atoms with Crippen molar-refractivity contribution in [2.75, 3.05) is 33.3 Å². The van der Waals surface area contributed by atoms with E-state index in [0.29, 0.717) is 43.9 Å². The largest absolute Gasteiger partial charge is 0.497 e. The number of methoxy groups -OCH3 is 1. The first kappa shape index (κ1) is 22.8. The van der Waals surface area contributed by atoms with Crippen molar-refractivity contribution in [3.63, 3.8) is 0 Å². The second kappa shape index (κ2) is 10.5. The standard InChI is InChI=1S/C25H29N3O5/c1-32-21-8-7-18-11-19(24(30)27-22(18)12-21)9-10-28-14-20(23(29)15-28)13-26-25(31)33-16-17-5-3-2-4-6-17/h2-8,11-12,20,23,29H,9-10,13-16H2,1H3,(H,26,31)(H,27,30)/t20-,23+/m1/s1. The number of H-pyrrole nitrogens is 1. The summed E-state index contributed by atoms with van der Waals surface area (Å²) in [5.41, 5.74) is 2.25. The van der Waals surface area contributed by atoms with Crippen LogP contribution < -0.4 is 15.6 Å². The summed E-state index contributed by atoms with van der Waals surface area (Å²) in [4.78, 5) is 29.5. The summed E-state index contributed by atoms with van der Waals surface area (Å²) in [7, 11) is 1.59. The number of carbonyl (C=O) groups excluding carboxylic acids is 1. The number of nitrogens with one attached hydrogen (secondary N) is 2. The first-order chi connectivity index (χ1) is 16.0. The molecular formula is C25H29N3O5. The minimum Gasteiger partial charge on any atom is -0.497 e. The number of pyridine rings is 1. The highest BCUT2D eigenvalue weighted by Gasteiger charge is 2.31. The maximum Gasteiger partial charge on any atom is 0.407 e. The molecule has 8 heteroatoms. The van der Waals surface area contributed by atoms with Crippen molar-refractivity contribution >= 4 is 17.0 Å². The van der Waals surface area contributed by atoms with E-state index in [1.165, 1.54) is 0 Å². The zero-order valence-electron chi connectivity index (χ0n) is 18.6. The molecule has 0 spiro atoms. The Bertz CT molecular complexity index is 1150. The molecule has 1 aromatic heterocycles. The number of aliphatic hydroxyl groups excluding tert-OH is 1. The molecule has 1 fully saturated rings. The van der Waals surface area contributed by atoms with Crippen molar-refractivity contribution in [2.24, 2.45) is 5.92 Å². The number of aromatic nitrogens is 1. The van der Waals surface area contributed by atoms with Crippen LogP contribution in [0.1, 0.15) is 11.1 Å². The first-order valence-corrected chi connectivity index (χ1v) is 11.1. The predicted molar refractivity (Wildman–Crippen MR) is 125 cm³/mol. The number of aliphatic hydroxyl groups is 1. The molecule has 0 radical (unpaired) electrons. The minimum absolute atomic E-state index is 0.0865. The van der Waals surface area contributed by atoms with Gasteiger partial charge in [-0.05, 0) is 35.6 Å². The quantitative estimate of drug-likeness (QED) is 0.486. The van der Waals surface area contributed by atoms with E-state index in [2.05, 4.69) is 15.2 Å². The number of β-amino-alcohol motifs (C(OH)–C–C–N with tert-alkyl or cyclic N) is 1. The average molecular weight is 452 g/mol. The van der Waals surface area contributed by atoms with Crippen LogP contribution in [0.4, 0.5) is 4.79 Å². The van der Waals surface area contributed by atoms with Gasteiger partial charge in [-0.2, -0.15) is 0 Å². The third kappa shape index (κ3) is 5.91. The van der Waals surface area contributed by atoms with Gasteiger partial charge in [0.1, 0.15) is 12.4 Å². The molecule has 1 saturated heterocycles. The summed E-state index contributed by atoms with van der Waals surface area (Å²) in [6.45, 7) is 2.34. The number of rotatable bonds is 8. The molecule has 2 aromatic carbocycles. The second-order valence-electron chi connectivity index (χ2n) is 8.36. The van der Waals surface area contributed by atoms with Crippen LogP contribution in [-0.4, -0.2) is 60.5 Å². The highest BCUT2D eigenvalue weighted by Crippen LogP contribution is 2.20. The van der Waals surface area contributed by atoms with E-state index >= 15 is 0 Å². The van der Waals surface area contributed by atoms with Gasteiger partial charge in [0, 0.05) is 43.7 Å². The molecule has 4 rings (SSSR count). The van der Waals surface area contributed by atoms with Gasteiger partial charge in [0.05, 0.1) is 18.7 Å². The lowest BCUT2D eigenvalue weighted by atomic mass is 10.1. The van der Waals surface area contributed by atoms with Gasteiger partial charge >= 0.3 is 6.09 Å². The van der Waals surface area contributed by atoms with E-state index in [0.717, 1.165) is 16.5 Å². The summed E-state index contributed by atoms with van der Waals surface area (Å²) < 4.78 is 10.4. The number of ether oxygens (including phenoxy) is 2. The minimum atomic E-state index is -0.540. The van der Waals surface area contributed by atoms with E-state index in [9.17, 15) is 14.7 Å². The van der Waals surface area contributed by atoms with Crippen LogP contribution in [0.3, 0.4) is 0 Å². The third-order valence-corrected chi connectivity index (χ3v) is 6.03. The number of likely N-dealkylation sites (tertiary alicyclic amines) is 1. The summed E-state index contributed by atoms with van der Waals surface area (Å²) in [5.74, 6) is 0.609. The highest BCUT2D eigenvalue weighted by molar-refractivity contribution is 5.80. The Labute approximate surface area is 192 Å². The van der Waals surface area contributed by atoms with Gasteiger partial charge in [0.2, 0.25) is 0 Å². The van der Waals surface area contributed by atoms with Crippen LogP contribution in [0.5, 0.6) is 5.75 Å². The molecule has 3 N–H and O–H groups in total. The number of hydrogen-bond acceptors (Lipinski definition) is 6. The Balaban J connectivity index is 1.25. The van der Waals surface area contributed by atoms with Crippen molar-refractivity contribution < 1.29 is 19.4 Å². The van der Waals surface area contributed by atoms with E-state index in [1.807, 2.05) is 48.5 Å². The van der Waals surface area contributed by atoms with Crippen molar-refractivity contribution in [1.29, 1.82) is 0 Å². The number of hydrogen-bond donors (Lipinski definition) is 3. The fraction of sp³-hybridized carbons (Fsp3) is 0.360. The van der Waals surface area contributed by atoms with E-state index in [-0.39, 0.29) is 18.1 Å². The average Bonchev–Trinajstić information content (AvgIpc) is 3.19. The van der Waals surface area contributed by atoms with Crippen LogP contribution in [0.15, 0.2) is 59.4 Å². The number of nitrogens with zero attached hydrogens (tertiary/aromatic N) is 1. The molecule has 1 amide bonds. The number of fused-ring (bicyclic) bond motifs is 1. The molecule has 0 unspecified atom stereocenters. The molecule has 8 nitrogen and oxygen atoms in total. The summed E-state index contributed by atoms with van der Waals surface area (Å²) in [6, 6.07) is 17.0. The molecule has 0 bridgehead atoms. The molecule has 33 heavy (non-hydrogen) atoms. The number of aromatic amines is 1. The van der Waals surface area contributed by atoms with E-state index in [4.69, 9.17) is 9.47 Å². The van der Waals surface area contributed by atoms with Crippen molar-refractivity contribution in [2.45, 2.75) is 19.1 Å². The van der Waals surface area contributed by atoms with Gasteiger partial charge in [0.15, 0.2) is 0 Å². The smallest absolute Gasteiger partial charge is 0.407 e. The molecule has 1 aliphatic rings. The Morgan fingerprint density at radius 1 is 1.18 bits per heavy atom. The topological polar surface area (TPSA) is 104 Å². The fourth-order valence-corrected chi connectivity index (χ4v) is 4.13. The molecule has 3 aromatic rings. The Morgan fingerprint density at radius 2 is 2.00 bits per heavy atom. The van der Waals surface area contributed by atoms with Crippen LogP contribution in [-0.2, 0) is 17.8 Å². The Morgan fingerprint density at radius 3 is 2.79 bits per heavy atom. The SMILES string of the molecule is COc1ccc2cc(CCN3C[C@@H](CNC(=O)OCc4ccccc4)[C@@H](O)C3)c(=O)[nH]c2c1. The normalized spacial score (nSPS) is 18.4. The maximum absolute atomic E-state index is 12.5. The second-order valence-corrected chi connectivity index (χ2v) is 8.36. The Kier molecular flexibility index (Phi) is 7.26. The summed E-state index contributed by atoms with van der Waals surface area (Å²) in [5, 5.41) is 14.1. The zero-order valence-corrected chi connectivity index (χ0v) is 18.6. The number of carbonyl (C=O) groups is 1. The number of amides is 1. The highest BCUT2D eigenvalue weighted by atomic mass is 16.5. The fourth-order valence-electron chi connectivity index (χ4n) is 4.13. The number of benzene rings is 2. The Hall–Kier alpha value is -3.36. The predicted octanol–water partition coefficient (Wildman–Crippen LogP) is 2.30.